The molecule has 12 aromatic rings. The average Bonchev–Trinajstić information content (AvgIpc) is 0.729. The van der Waals surface area contributed by atoms with E-state index in [1.165, 1.54) is 153 Å². The number of hydrogen-bond donors (Lipinski definition) is 2. The van der Waals surface area contributed by atoms with Crippen LogP contribution in [0.25, 0.3) is 116 Å². The van der Waals surface area contributed by atoms with Crippen molar-refractivity contribution in [3.8, 4) is 0 Å². The van der Waals surface area contributed by atoms with Gasteiger partial charge in [-0.25, -0.2) is 9.97 Å². The monoisotopic (exact) mass is 1780 g/mol. The van der Waals surface area contributed by atoms with Crippen LogP contribution < -0.4 is 27.8 Å². The van der Waals surface area contributed by atoms with Gasteiger partial charge < -0.3 is 11.5 Å². The molecule has 16 heteroatoms. The first-order chi connectivity index (χ1) is 65.8. The Morgan fingerprint density at radius 2 is 0.858 bits per heavy atom. The molecule has 16 saturated carbocycles. The maximum Gasteiger partial charge on any atom is 0.272 e. The number of nitrogens with zero attached hydrogens (tertiary/aromatic N) is 8. The number of aromatic nitrogens is 4. The van der Waals surface area contributed by atoms with E-state index in [0.29, 0.717) is 97.1 Å². The number of likely N-dealkylation sites (tertiary alicyclic amines) is 2. The van der Waals surface area contributed by atoms with Crippen molar-refractivity contribution in [2.45, 2.75) is 217 Å². The van der Waals surface area contributed by atoms with Gasteiger partial charge in [0.05, 0.1) is 31.9 Å². The SMILES string of the molecule is Nc1ccc2c(c1)c(CN1CC3CCC4C5CCC6C7CCCC8CCCC(C9CCC(C%10CCC(C1)C3C4%10)C5C69)C87)c1cc(N)cc3c1c2nc1c2c4c(c(=O)n13)C=CC1c3ccc5c6c3c(ccc6c(=O)n3c6cc([N+](=O)[O-])cc7c(CN8CCC9CCC%10C%11CCC%12C%13CCCC%14CCCC(C%15CCC(C%16CCC8C9C%10%16)C%11C%12%15)C%14%13)c8cc([N+](=O)[O-])ccc8c(nc53)c76)C(=CC=2)C41. The molecule has 28 unspecified atom stereocenters. The zero-order chi connectivity index (χ0) is 87.8. The van der Waals surface area contributed by atoms with Crippen molar-refractivity contribution in [2.75, 3.05) is 31.1 Å². The lowest BCUT2D eigenvalue weighted by Crippen LogP contribution is -2.67. The molecular formula is C118H124N10O6. The highest BCUT2D eigenvalue weighted by Gasteiger charge is 2.70. The molecule has 19 aliphatic carbocycles. The van der Waals surface area contributed by atoms with Crippen LogP contribution in [0.4, 0.5) is 22.7 Å². The summed E-state index contributed by atoms with van der Waals surface area (Å²) in [5.74, 6) is 27.8. The van der Waals surface area contributed by atoms with E-state index in [1.807, 2.05) is 28.7 Å². The predicted octanol–water partition coefficient (Wildman–Crippen LogP) is 23.8. The van der Waals surface area contributed by atoms with Crippen molar-refractivity contribution in [2.24, 2.45) is 183 Å². The largest absolute Gasteiger partial charge is 0.399 e. The summed E-state index contributed by atoms with van der Waals surface area (Å²) in [6, 6.07) is 27.7. The van der Waals surface area contributed by atoms with Crippen LogP contribution in [0.15, 0.2) is 107 Å². The third-order valence-electron chi connectivity index (χ3n) is 46.5. The van der Waals surface area contributed by atoms with E-state index in [-0.39, 0.29) is 44.2 Å². The van der Waals surface area contributed by atoms with Gasteiger partial charge in [-0.05, 0) is 422 Å². The van der Waals surface area contributed by atoms with E-state index in [1.54, 1.807) is 54.3 Å². The highest BCUT2D eigenvalue weighted by atomic mass is 16.6. The molecule has 33 rings (SSSR count). The molecule has 6 heterocycles. The third kappa shape index (κ3) is 9.83. The molecule has 2 saturated heterocycles. The summed E-state index contributed by atoms with van der Waals surface area (Å²) in [7, 11) is 0. The number of fused-ring (bicyclic) bond motifs is 20. The molecule has 0 bridgehead atoms. The number of nitrogen functional groups attached to an aromatic ring is 2. The number of piperidine rings is 2. The summed E-state index contributed by atoms with van der Waals surface area (Å²) in [5.41, 5.74) is 25.3. The van der Waals surface area contributed by atoms with Gasteiger partial charge in [0.2, 0.25) is 0 Å². The van der Waals surface area contributed by atoms with E-state index >= 15 is 9.59 Å². The van der Waals surface area contributed by atoms with Crippen LogP contribution in [0.2, 0.25) is 0 Å². The first-order valence-electron chi connectivity index (χ1n) is 54.5. The van der Waals surface area contributed by atoms with Crippen LogP contribution in [0, 0.1) is 204 Å². The predicted molar refractivity (Wildman–Crippen MR) is 530 cm³/mol. The van der Waals surface area contributed by atoms with Gasteiger partial charge in [0.15, 0.2) is 0 Å². The number of benzene rings is 8. The van der Waals surface area contributed by atoms with Gasteiger partial charge in [0.1, 0.15) is 11.3 Å². The lowest BCUT2D eigenvalue weighted by molar-refractivity contribution is -0.384. The van der Waals surface area contributed by atoms with Crippen LogP contribution in [0.5, 0.6) is 0 Å². The minimum absolute atomic E-state index is 0.0326. The lowest BCUT2D eigenvalue weighted by atomic mass is 9.34. The standard InChI is InChI=1S/C118H124N10O6/c119-58-16-21-82-88(43-58)92(51-123-49-56-14-19-66-73-27-23-69-62-9-1-5-53-6-2-10-63(98(53)62)70-24-28-74(105(73)103(69)70)67-20-15-57(50-123)97(56)101(66)67)90-44-59(120)45-95-111(90)113(82)121-115-84-35-31-77-80-34-38-87-110-85(36-32-78(108(80)110)79-33-37-86(109(84)107(77)79)117(129)125(95)115)116-122-114-83-22-17-60(127(131)132)46-89(83)93(91-47-61(128(133)134)48-96(112(91)114)126(116)118(87)130)52-124-42-41-55-13-18-68-75-29-25-71-64-11-3-7-54-8-4-12-65(99(54)64)72-26-30-76(106(75)104(71)72)81-39-40-94(124)100(55)102(68)81/h16-17,21-22,31-38,43-48,53-57,62-76,79,81,94,97-107H,1-15,18-20,23-30,39-42,49-52,119-120H2. The maximum absolute atomic E-state index is 16.4. The van der Waals surface area contributed by atoms with Crippen LogP contribution in [0.3, 0.4) is 0 Å². The number of allylic oxidation sites excluding steroid dienone is 3. The Balaban J connectivity index is 0.474. The average molecular weight is 1780 g/mol. The van der Waals surface area contributed by atoms with Crippen LogP contribution >= 0.6 is 0 Å². The topological polar surface area (TPSA) is 214 Å². The number of nitrogens with two attached hydrogens (primary N) is 2. The van der Waals surface area contributed by atoms with Crippen LogP contribution in [-0.4, -0.2) is 64.1 Å². The molecule has 4 N–H and O–H groups in total. The highest BCUT2D eigenvalue weighted by molar-refractivity contribution is 6.26. The van der Waals surface area contributed by atoms with Crippen molar-refractivity contribution in [3.63, 3.8) is 0 Å². The quantitative estimate of drug-likeness (QED) is 0.0523. The first kappa shape index (κ1) is 77.6. The van der Waals surface area contributed by atoms with Gasteiger partial charge in [-0.2, -0.15) is 0 Å². The number of anilines is 2. The molecule has 16 nitrogen and oxygen atoms in total. The molecule has 0 spiro atoms. The summed E-state index contributed by atoms with van der Waals surface area (Å²) in [5, 5.41) is 37.8. The molecule has 0 radical (unpaired) electrons. The fraction of sp³-hybridized carbons (Fsp3) is 0.576. The third-order valence-corrected chi connectivity index (χ3v) is 46.5. The molecule has 21 aliphatic rings. The summed E-state index contributed by atoms with van der Waals surface area (Å²) in [6.07, 6.45) is 50.8. The first-order valence-corrected chi connectivity index (χ1v) is 54.5. The van der Waals surface area contributed by atoms with Gasteiger partial charge in [-0.15, -0.1) is 0 Å². The smallest absolute Gasteiger partial charge is 0.272 e. The number of non-ortho nitro benzene ring substituents is 2. The molecule has 4 aromatic heterocycles. The Morgan fingerprint density at radius 1 is 0.381 bits per heavy atom. The summed E-state index contributed by atoms with van der Waals surface area (Å²) in [6.45, 7) is 4.45. The number of pyridine rings is 2. The van der Waals surface area contributed by atoms with Crippen molar-refractivity contribution < 1.29 is 9.85 Å². The fourth-order valence-electron chi connectivity index (χ4n) is 43.5. The highest BCUT2D eigenvalue weighted by Crippen LogP contribution is 2.77. The number of rotatable bonds is 6. The van der Waals surface area contributed by atoms with Gasteiger partial charge in [-0.1, -0.05) is 99.9 Å². The summed E-state index contributed by atoms with van der Waals surface area (Å²) in [4.78, 5) is 76.3. The summed E-state index contributed by atoms with van der Waals surface area (Å²) >= 11 is 0. The lowest BCUT2D eigenvalue weighted by Gasteiger charge is -2.71. The van der Waals surface area contributed by atoms with Crippen molar-refractivity contribution in [1.29, 1.82) is 0 Å². The Morgan fingerprint density at radius 3 is 1.46 bits per heavy atom. The molecule has 28 atom stereocenters. The van der Waals surface area contributed by atoms with E-state index < -0.39 is 0 Å². The Kier molecular flexibility index (Phi) is 15.9. The number of hydrogen-bond acceptors (Lipinski definition) is 12. The van der Waals surface area contributed by atoms with Gasteiger partial charge in [-0.3, -0.25) is 48.4 Å². The van der Waals surface area contributed by atoms with E-state index in [4.69, 9.17) is 21.4 Å². The van der Waals surface area contributed by atoms with Crippen LogP contribution in [0.1, 0.15) is 231 Å². The van der Waals surface area contributed by atoms with Gasteiger partial charge >= 0.3 is 0 Å². The molecule has 0 amide bonds. The van der Waals surface area contributed by atoms with Crippen LogP contribution in [-0.2, 0) is 13.1 Å². The Labute approximate surface area is 780 Å². The number of nitro benzene ring substituents is 2. The minimum atomic E-state index is -0.328. The second kappa shape index (κ2) is 27.4. The number of nitro groups is 2. The normalized spacial score (nSPS) is 40.6. The van der Waals surface area contributed by atoms with E-state index in [9.17, 15) is 20.2 Å². The molecule has 134 heavy (non-hydrogen) atoms. The van der Waals surface area contributed by atoms with Gasteiger partial charge in [0.25, 0.3) is 22.5 Å². The fourth-order valence-corrected chi connectivity index (χ4v) is 43.5. The molecule has 18 fully saturated rings. The van der Waals surface area contributed by atoms with E-state index in [0.717, 1.165) is 286 Å². The second-order valence-electron chi connectivity index (χ2n) is 49.8. The Hall–Kier alpha value is -9.38. The molecule has 682 valence electrons. The molecule has 2 aliphatic heterocycles. The zero-order valence-electron chi connectivity index (χ0n) is 77.2. The zero-order valence-corrected chi connectivity index (χ0v) is 77.2. The molecule has 8 aromatic carbocycles. The minimum Gasteiger partial charge on any atom is -0.399 e. The van der Waals surface area contributed by atoms with Crippen molar-refractivity contribution in [3.05, 3.63) is 177 Å². The van der Waals surface area contributed by atoms with Crippen molar-refractivity contribution >= 4 is 138 Å². The maximum atomic E-state index is 16.4. The van der Waals surface area contributed by atoms with E-state index in [2.05, 4.69) is 70.5 Å². The summed E-state index contributed by atoms with van der Waals surface area (Å²) < 4.78 is 3.53. The second-order valence-corrected chi connectivity index (χ2v) is 49.8. The van der Waals surface area contributed by atoms with Gasteiger partial charge in [0, 0.05) is 128 Å². The van der Waals surface area contributed by atoms with Crippen molar-refractivity contribution in [1.82, 2.24) is 28.6 Å². The Bertz CT molecular complexity index is 7490. The molecular weight excluding hydrogens is 1650 g/mol.